The van der Waals surface area contributed by atoms with Crippen LogP contribution in [0.3, 0.4) is 0 Å². The van der Waals surface area contributed by atoms with Crippen molar-refractivity contribution in [1.82, 2.24) is 25.2 Å². The van der Waals surface area contributed by atoms with Crippen molar-refractivity contribution >= 4 is 11.9 Å². The van der Waals surface area contributed by atoms with Crippen LogP contribution in [-0.2, 0) is 6.54 Å². The summed E-state index contributed by atoms with van der Waals surface area (Å²) in [5.74, 6) is 0.692. The summed E-state index contributed by atoms with van der Waals surface area (Å²) in [5.41, 5.74) is 2.43. The summed E-state index contributed by atoms with van der Waals surface area (Å²) in [6, 6.07) is 6.22. The molecule has 154 valence electrons. The number of anilines is 1. The highest BCUT2D eigenvalue weighted by atomic mass is 16.1. The molecule has 0 aliphatic carbocycles. The molecule has 2 aromatic heterocycles. The highest BCUT2D eigenvalue weighted by molar-refractivity contribution is 5.95. The number of carbonyl (C=O) groups is 1. The van der Waals surface area contributed by atoms with E-state index >= 15 is 0 Å². The molecule has 0 radical (unpaired) electrons. The first-order valence-corrected chi connectivity index (χ1v) is 10.7. The molecule has 1 N–H and O–H groups in total. The second-order valence-corrected chi connectivity index (χ2v) is 8.06. The van der Waals surface area contributed by atoms with Crippen molar-refractivity contribution in [2.45, 2.75) is 51.6 Å². The molecule has 0 spiro atoms. The maximum atomic E-state index is 12.8. The molecule has 2 saturated heterocycles. The number of piperidine rings is 2. The molecule has 0 aromatic carbocycles. The molecular weight excluding hydrogens is 364 g/mol. The lowest BCUT2D eigenvalue weighted by Gasteiger charge is -2.32. The van der Waals surface area contributed by atoms with E-state index in [0.717, 1.165) is 62.9 Å². The fourth-order valence-corrected chi connectivity index (χ4v) is 4.14. The predicted molar refractivity (Wildman–Crippen MR) is 113 cm³/mol. The van der Waals surface area contributed by atoms with Crippen molar-refractivity contribution in [3.63, 3.8) is 0 Å². The van der Waals surface area contributed by atoms with Crippen LogP contribution in [0.5, 0.6) is 0 Å². The summed E-state index contributed by atoms with van der Waals surface area (Å²) in [5, 5.41) is 3.18. The maximum Gasteiger partial charge on any atom is 0.254 e. The van der Waals surface area contributed by atoms with Crippen molar-refractivity contribution in [3.8, 4) is 0 Å². The Morgan fingerprint density at radius 3 is 2.59 bits per heavy atom. The molecule has 0 saturated carbocycles. The van der Waals surface area contributed by atoms with E-state index in [2.05, 4.69) is 36.1 Å². The number of hydrogen-bond donors (Lipinski definition) is 1. The minimum atomic E-state index is -0.0594. The Kier molecular flexibility index (Phi) is 6.34. The van der Waals surface area contributed by atoms with Crippen LogP contribution >= 0.6 is 0 Å². The number of pyridine rings is 1. The molecular formula is C22H30N6O. The number of hydrogen-bond acceptors (Lipinski definition) is 6. The minimum Gasteiger partial charge on any atom is -0.349 e. The fraction of sp³-hybridized carbons (Fsp3) is 0.545. The van der Waals surface area contributed by atoms with Gasteiger partial charge in [-0.3, -0.25) is 14.7 Å². The molecule has 1 amide bonds. The van der Waals surface area contributed by atoms with Gasteiger partial charge < -0.3 is 10.2 Å². The predicted octanol–water partition coefficient (Wildman–Crippen LogP) is 2.56. The normalized spacial score (nSPS) is 18.6. The van der Waals surface area contributed by atoms with Gasteiger partial charge in [-0.1, -0.05) is 6.07 Å². The molecule has 4 heterocycles. The Hall–Kier alpha value is -2.54. The van der Waals surface area contributed by atoms with Crippen LogP contribution in [0.4, 0.5) is 5.95 Å². The van der Waals surface area contributed by atoms with Gasteiger partial charge in [0.25, 0.3) is 5.91 Å². The Morgan fingerprint density at radius 2 is 1.90 bits per heavy atom. The third-order valence-corrected chi connectivity index (χ3v) is 5.88. The number of aromatic nitrogens is 3. The molecule has 0 atom stereocenters. The van der Waals surface area contributed by atoms with E-state index < -0.39 is 0 Å². The van der Waals surface area contributed by atoms with Gasteiger partial charge in [-0.05, 0) is 51.2 Å². The van der Waals surface area contributed by atoms with Gasteiger partial charge in [0.15, 0.2) is 0 Å². The smallest absolute Gasteiger partial charge is 0.254 e. The van der Waals surface area contributed by atoms with E-state index in [0.29, 0.717) is 5.56 Å². The number of rotatable bonds is 5. The van der Waals surface area contributed by atoms with Gasteiger partial charge in [-0.25, -0.2) is 9.97 Å². The number of nitrogens with zero attached hydrogens (tertiary/aromatic N) is 5. The monoisotopic (exact) mass is 394 g/mol. The van der Waals surface area contributed by atoms with Crippen molar-refractivity contribution in [2.24, 2.45) is 0 Å². The maximum absolute atomic E-state index is 12.8. The van der Waals surface area contributed by atoms with Gasteiger partial charge in [0, 0.05) is 51.2 Å². The molecule has 0 bridgehead atoms. The van der Waals surface area contributed by atoms with E-state index in [1.54, 1.807) is 6.20 Å². The second-order valence-electron chi connectivity index (χ2n) is 8.06. The molecule has 2 aromatic rings. The van der Waals surface area contributed by atoms with Gasteiger partial charge in [-0.2, -0.15) is 0 Å². The highest BCUT2D eigenvalue weighted by Gasteiger charge is 2.23. The molecule has 7 heteroatoms. The lowest BCUT2D eigenvalue weighted by molar-refractivity contribution is 0.0907. The lowest BCUT2D eigenvalue weighted by atomic mass is 10.0. The average molecular weight is 395 g/mol. The van der Waals surface area contributed by atoms with Gasteiger partial charge in [0.2, 0.25) is 5.95 Å². The highest BCUT2D eigenvalue weighted by Crippen LogP contribution is 2.18. The summed E-state index contributed by atoms with van der Waals surface area (Å²) in [7, 11) is 0. The van der Waals surface area contributed by atoms with Crippen LogP contribution in [0, 0.1) is 6.92 Å². The van der Waals surface area contributed by atoms with Gasteiger partial charge in [0.1, 0.15) is 0 Å². The zero-order valence-corrected chi connectivity index (χ0v) is 17.2. The van der Waals surface area contributed by atoms with Crippen LogP contribution in [0.1, 0.15) is 53.8 Å². The molecule has 29 heavy (non-hydrogen) atoms. The summed E-state index contributed by atoms with van der Waals surface area (Å²) < 4.78 is 0. The second kappa shape index (κ2) is 9.31. The third-order valence-electron chi connectivity index (χ3n) is 5.88. The van der Waals surface area contributed by atoms with E-state index in [1.807, 2.05) is 25.3 Å². The largest absolute Gasteiger partial charge is 0.349 e. The standard InChI is InChI=1S/C22H30N6O/c1-17-20(15-24-22(25-17)28-11-5-2-6-12-28)21(29)26-18-8-13-27(14-9-18)16-19-7-3-4-10-23-19/h3-4,7,10,15,18H,2,5-6,8-9,11-14,16H2,1H3,(H,26,29). The number of amides is 1. The van der Waals surface area contributed by atoms with E-state index in [4.69, 9.17) is 0 Å². The van der Waals surface area contributed by atoms with Crippen molar-refractivity contribution in [3.05, 3.63) is 47.5 Å². The third kappa shape index (κ3) is 5.09. The molecule has 4 rings (SSSR count). The number of aryl methyl sites for hydroxylation is 1. The quantitative estimate of drug-likeness (QED) is 0.840. The first kappa shape index (κ1) is 19.8. The van der Waals surface area contributed by atoms with E-state index in [-0.39, 0.29) is 11.9 Å². The number of likely N-dealkylation sites (tertiary alicyclic amines) is 1. The van der Waals surface area contributed by atoms with Gasteiger partial charge >= 0.3 is 0 Å². The van der Waals surface area contributed by atoms with E-state index in [9.17, 15) is 4.79 Å². The first-order valence-electron chi connectivity index (χ1n) is 10.7. The summed E-state index contributed by atoms with van der Waals surface area (Å²) in [6.07, 6.45) is 9.07. The topological polar surface area (TPSA) is 74.2 Å². The average Bonchev–Trinajstić information content (AvgIpc) is 2.76. The van der Waals surface area contributed by atoms with Crippen LogP contribution in [0.2, 0.25) is 0 Å². The van der Waals surface area contributed by atoms with Crippen molar-refractivity contribution < 1.29 is 4.79 Å². The van der Waals surface area contributed by atoms with Crippen molar-refractivity contribution in [2.75, 3.05) is 31.1 Å². The van der Waals surface area contributed by atoms with Crippen LogP contribution in [-0.4, -0.2) is 58.0 Å². The van der Waals surface area contributed by atoms with E-state index in [1.165, 1.54) is 19.3 Å². The number of carbonyl (C=O) groups excluding carboxylic acids is 1. The molecule has 2 aliphatic heterocycles. The fourth-order valence-electron chi connectivity index (χ4n) is 4.14. The SMILES string of the molecule is Cc1nc(N2CCCCC2)ncc1C(=O)NC1CCN(Cc2ccccn2)CC1. The van der Waals surface area contributed by atoms with Gasteiger partial charge in [-0.15, -0.1) is 0 Å². The van der Waals surface area contributed by atoms with Crippen LogP contribution < -0.4 is 10.2 Å². The first-order chi connectivity index (χ1) is 14.2. The minimum absolute atomic E-state index is 0.0594. The molecule has 2 aliphatic rings. The summed E-state index contributed by atoms with van der Waals surface area (Å²) in [4.78, 5) is 30.9. The Balaban J connectivity index is 1.29. The number of nitrogens with one attached hydrogen (secondary N) is 1. The zero-order chi connectivity index (χ0) is 20.1. The van der Waals surface area contributed by atoms with Crippen LogP contribution in [0.25, 0.3) is 0 Å². The van der Waals surface area contributed by atoms with Crippen LogP contribution in [0.15, 0.2) is 30.6 Å². The summed E-state index contributed by atoms with van der Waals surface area (Å²) in [6.45, 7) is 6.70. The Labute approximate surface area is 172 Å². The Bertz CT molecular complexity index is 813. The zero-order valence-electron chi connectivity index (χ0n) is 17.2. The molecule has 7 nitrogen and oxygen atoms in total. The summed E-state index contributed by atoms with van der Waals surface area (Å²) >= 11 is 0. The van der Waals surface area contributed by atoms with Gasteiger partial charge in [0.05, 0.1) is 17.0 Å². The molecule has 0 unspecified atom stereocenters. The Morgan fingerprint density at radius 1 is 1.10 bits per heavy atom. The van der Waals surface area contributed by atoms with Crippen molar-refractivity contribution in [1.29, 1.82) is 0 Å². The molecule has 2 fully saturated rings. The lowest BCUT2D eigenvalue weighted by Crippen LogP contribution is -2.44.